The molecule has 5 heteroatoms. The van der Waals surface area contributed by atoms with E-state index in [1.165, 1.54) is 13.2 Å². The standard InChI is InChI=1S/C17H18FNO3/c1-19(10-11-5-6-16(21-2)14(18)8-11)17(20)13-9-12(13)15-4-3-7-22-15/h3-8,12-13H,9-10H2,1-2H3. The van der Waals surface area contributed by atoms with Crippen LogP contribution in [-0.2, 0) is 11.3 Å². The van der Waals surface area contributed by atoms with Crippen molar-refractivity contribution in [1.82, 2.24) is 4.90 Å². The first-order chi connectivity index (χ1) is 10.6. The molecule has 0 bridgehead atoms. The summed E-state index contributed by atoms with van der Waals surface area (Å²) in [6, 6.07) is 8.48. The Labute approximate surface area is 128 Å². The minimum atomic E-state index is -0.416. The molecule has 0 radical (unpaired) electrons. The van der Waals surface area contributed by atoms with Gasteiger partial charge in [-0.25, -0.2) is 4.39 Å². The van der Waals surface area contributed by atoms with Gasteiger partial charge in [0.2, 0.25) is 5.91 Å². The van der Waals surface area contributed by atoms with E-state index < -0.39 is 5.82 Å². The lowest BCUT2D eigenvalue weighted by Gasteiger charge is -2.17. The molecule has 1 heterocycles. The number of rotatable bonds is 5. The van der Waals surface area contributed by atoms with E-state index in [9.17, 15) is 9.18 Å². The maximum atomic E-state index is 13.7. The molecule has 4 nitrogen and oxygen atoms in total. The Balaban J connectivity index is 1.61. The van der Waals surface area contributed by atoms with Gasteiger partial charge in [0, 0.05) is 25.4 Å². The Morgan fingerprint density at radius 1 is 1.45 bits per heavy atom. The van der Waals surface area contributed by atoms with Crippen molar-refractivity contribution in [2.75, 3.05) is 14.2 Å². The second kappa shape index (κ2) is 5.83. The number of nitrogens with zero attached hydrogens (tertiary/aromatic N) is 1. The molecule has 1 aromatic carbocycles. The van der Waals surface area contributed by atoms with Crippen LogP contribution in [0.3, 0.4) is 0 Å². The highest BCUT2D eigenvalue weighted by Crippen LogP contribution is 2.48. The van der Waals surface area contributed by atoms with Gasteiger partial charge in [-0.2, -0.15) is 0 Å². The summed E-state index contributed by atoms with van der Waals surface area (Å²) in [4.78, 5) is 14.0. The van der Waals surface area contributed by atoms with E-state index in [1.807, 2.05) is 12.1 Å². The van der Waals surface area contributed by atoms with Gasteiger partial charge in [0.25, 0.3) is 0 Å². The van der Waals surface area contributed by atoms with Crippen molar-refractivity contribution in [2.45, 2.75) is 18.9 Å². The topological polar surface area (TPSA) is 42.7 Å². The smallest absolute Gasteiger partial charge is 0.226 e. The molecule has 22 heavy (non-hydrogen) atoms. The molecule has 0 aliphatic heterocycles. The third-order valence-corrected chi connectivity index (χ3v) is 4.03. The minimum Gasteiger partial charge on any atom is -0.494 e. The molecule has 1 aliphatic rings. The molecular formula is C17H18FNO3. The van der Waals surface area contributed by atoms with Crippen molar-refractivity contribution in [1.29, 1.82) is 0 Å². The van der Waals surface area contributed by atoms with Gasteiger partial charge in [0.1, 0.15) is 5.76 Å². The Morgan fingerprint density at radius 2 is 2.27 bits per heavy atom. The summed E-state index contributed by atoms with van der Waals surface area (Å²) < 4.78 is 23.9. The number of furan rings is 1. The molecule has 1 fully saturated rings. The number of hydrogen-bond donors (Lipinski definition) is 0. The average Bonchev–Trinajstić information content (AvgIpc) is 3.11. The fourth-order valence-corrected chi connectivity index (χ4v) is 2.73. The molecule has 0 N–H and O–H groups in total. The fourth-order valence-electron chi connectivity index (χ4n) is 2.73. The molecule has 0 saturated heterocycles. The summed E-state index contributed by atoms with van der Waals surface area (Å²) in [6.45, 7) is 0.376. The van der Waals surface area contributed by atoms with Gasteiger partial charge in [-0.1, -0.05) is 6.07 Å². The summed E-state index contributed by atoms with van der Waals surface area (Å²) in [6.07, 6.45) is 2.44. The summed E-state index contributed by atoms with van der Waals surface area (Å²) in [5.74, 6) is 0.871. The first-order valence-electron chi connectivity index (χ1n) is 7.21. The third kappa shape index (κ3) is 2.84. The van der Waals surface area contributed by atoms with E-state index in [0.717, 1.165) is 17.7 Å². The zero-order chi connectivity index (χ0) is 15.7. The molecular weight excluding hydrogens is 285 g/mol. The lowest BCUT2D eigenvalue weighted by atomic mass is 10.2. The Morgan fingerprint density at radius 3 is 2.91 bits per heavy atom. The van der Waals surface area contributed by atoms with Crippen LogP contribution in [0.1, 0.15) is 23.7 Å². The van der Waals surface area contributed by atoms with E-state index in [4.69, 9.17) is 9.15 Å². The second-order valence-corrected chi connectivity index (χ2v) is 5.63. The molecule has 1 amide bonds. The van der Waals surface area contributed by atoms with E-state index in [-0.39, 0.29) is 23.5 Å². The van der Waals surface area contributed by atoms with Crippen molar-refractivity contribution in [3.63, 3.8) is 0 Å². The van der Waals surface area contributed by atoms with E-state index >= 15 is 0 Å². The summed E-state index contributed by atoms with van der Waals surface area (Å²) in [7, 11) is 3.16. The SMILES string of the molecule is COc1ccc(CN(C)C(=O)C2CC2c2ccco2)cc1F. The minimum absolute atomic E-state index is 0.0285. The predicted octanol–water partition coefficient (Wildman–Crippen LogP) is 3.19. The third-order valence-electron chi connectivity index (χ3n) is 4.03. The zero-order valence-corrected chi connectivity index (χ0v) is 12.6. The number of ether oxygens (including phenoxy) is 1. The summed E-state index contributed by atoms with van der Waals surface area (Å²) in [5.41, 5.74) is 0.740. The number of carbonyl (C=O) groups excluding carboxylic acids is 1. The molecule has 2 unspecified atom stereocenters. The predicted molar refractivity (Wildman–Crippen MR) is 79.0 cm³/mol. The molecule has 2 atom stereocenters. The number of amides is 1. The van der Waals surface area contributed by atoms with E-state index in [2.05, 4.69) is 0 Å². The Bertz CT molecular complexity index is 669. The van der Waals surface area contributed by atoms with E-state index in [1.54, 1.807) is 30.3 Å². The van der Waals surface area contributed by atoms with Gasteiger partial charge in [0.15, 0.2) is 11.6 Å². The fraction of sp³-hybridized carbons (Fsp3) is 0.353. The lowest BCUT2D eigenvalue weighted by molar-refractivity contribution is -0.131. The molecule has 0 spiro atoms. The molecule has 3 rings (SSSR count). The van der Waals surface area contributed by atoms with Crippen molar-refractivity contribution in [2.24, 2.45) is 5.92 Å². The summed E-state index contributed by atoms with van der Waals surface area (Å²) >= 11 is 0. The lowest BCUT2D eigenvalue weighted by Crippen LogP contribution is -2.28. The average molecular weight is 303 g/mol. The quantitative estimate of drug-likeness (QED) is 0.852. The van der Waals surface area contributed by atoms with Crippen LogP contribution in [0, 0.1) is 11.7 Å². The van der Waals surface area contributed by atoms with Gasteiger partial charge in [0.05, 0.1) is 13.4 Å². The van der Waals surface area contributed by atoms with Gasteiger partial charge in [-0.15, -0.1) is 0 Å². The van der Waals surface area contributed by atoms with Crippen LogP contribution in [0.5, 0.6) is 5.75 Å². The van der Waals surface area contributed by atoms with Gasteiger partial charge in [-0.3, -0.25) is 4.79 Å². The molecule has 1 aromatic heterocycles. The highest BCUT2D eigenvalue weighted by molar-refractivity contribution is 5.82. The van der Waals surface area contributed by atoms with Crippen molar-refractivity contribution in [3.8, 4) is 5.75 Å². The maximum Gasteiger partial charge on any atom is 0.226 e. The highest BCUT2D eigenvalue weighted by atomic mass is 19.1. The van der Waals surface area contributed by atoms with Crippen molar-refractivity contribution < 1.29 is 18.3 Å². The Kier molecular flexibility index (Phi) is 3.88. The van der Waals surface area contributed by atoms with Gasteiger partial charge in [-0.05, 0) is 36.2 Å². The molecule has 116 valence electrons. The Hall–Kier alpha value is -2.30. The van der Waals surface area contributed by atoms with Crippen LogP contribution >= 0.6 is 0 Å². The normalized spacial score (nSPS) is 19.8. The number of methoxy groups -OCH3 is 1. The largest absolute Gasteiger partial charge is 0.494 e. The van der Waals surface area contributed by atoms with E-state index in [0.29, 0.717) is 6.54 Å². The van der Waals surface area contributed by atoms with Gasteiger partial charge >= 0.3 is 0 Å². The van der Waals surface area contributed by atoms with Crippen LogP contribution in [0.15, 0.2) is 41.0 Å². The van der Waals surface area contributed by atoms with Gasteiger partial charge < -0.3 is 14.1 Å². The zero-order valence-electron chi connectivity index (χ0n) is 12.6. The molecule has 2 aromatic rings. The maximum absolute atomic E-state index is 13.7. The second-order valence-electron chi connectivity index (χ2n) is 5.63. The monoisotopic (exact) mass is 303 g/mol. The van der Waals surface area contributed by atoms with Crippen molar-refractivity contribution in [3.05, 3.63) is 53.7 Å². The number of halogens is 1. The van der Waals surface area contributed by atoms with Crippen LogP contribution in [0.4, 0.5) is 4.39 Å². The highest BCUT2D eigenvalue weighted by Gasteiger charge is 2.46. The number of benzene rings is 1. The van der Waals surface area contributed by atoms with Crippen LogP contribution < -0.4 is 4.74 Å². The molecule has 1 saturated carbocycles. The first kappa shape index (κ1) is 14.6. The number of hydrogen-bond acceptors (Lipinski definition) is 3. The summed E-state index contributed by atoms with van der Waals surface area (Å²) in [5, 5.41) is 0. The van der Waals surface area contributed by atoms with Crippen LogP contribution in [-0.4, -0.2) is 25.0 Å². The molecule has 1 aliphatic carbocycles. The van der Waals surface area contributed by atoms with Crippen LogP contribution in [0.25, 0.3) is 0 Å². The van der Waals surface area contributed by atoms with Crippen LogP contribution in [0.2, 0.25) is 0 Å². The first-order valence-corrected chi connectivity index (χ1v) is 7.21. The van der Waals surface area contributed by atoms with Crippen molar-refractivity contribution >= 4 is 5.91 Å². The number of carbonyl (C=O) groups is 1.